The average molecular weight is 506 g/mol. The number of nitrogens with zero attached hydrogens (tertiary/aromatic N) is 2. The number of carbonyl (C=O) groups is 4. The van der Waals surface area contributed by atoms with E-state index in [0.717, 1.165) is 18.6 Å². The van der Waals surface area contributed by atoms with Gasteiger partial charge in [0.1, 0.15) is 6.29 Å². The number of Topliss-reactive ketones (excluding diaryl/α,β-unsaturated/α-hetero) is 1. The monoisotopic (exact) mass is 505 g/mol. The zero-order chi connectivity index (χ0) is 26.8. The first-order valence-electron chi connectivity index (χ1n) is 11.7. The number of thioether (sulfide) groups is 1. The van der Waals surface area contributed by atoms with Crippen LogP contribution >= 0.6 is 11.8 Å². The molecule has 10 nitrogen and oxygen atoms in total. The van der Waals surface area contributed by atoms with Gasteiger partial charge in [0.25, 0.3) is 0 Å². The summed E-state index contributed by atoms with van der Waals surface area (Å²) in [6.45, 7) is 6.67. The highest BCUT2D eigenvalue weighted by Gasteiger charge is 2.36. The first-order chi connectivity index (χ1) is 16.5. The lowest BCUT2D eigenvalue weighted by Crippen LogP contribution is -2.42. The number of piperidine rings is 1. The molecular formula is C23H47N5O5S. The van der Waals surface area contributed by atoms with Crippen molar-refractivity contribution in [1.82, 2.24) is 10.2 Å². The van der Waals surface area contributed by atoms with Gasteiger partial charge >= 0.3 is 0 Å². The molecule has 0 aromatic rings. The van der Waals surface area contributed by atoms with E-state index in [1.165, 1.54) is 19.8 Å². The van der Waals surface area contributed by atoms with E-state index in [1.54, 1.807) is 14.2 Å². The molecule has 2 amide bonds. The summed E-state index contributed by atoms with van der Waals surface area (Å²) in [6.07, 6.45) is 6.99. The fraction of sp³-hybridized carbons (Fsp3) is 0.783. The third-order valence-corrected chi connectivity index (χ3v) is 6.02. The molecule has 0 aliphatic carbocycles. The first kappa shape index (κ1) is 36.6. The summed E-state index contributed by atoms with van der Waals surface area (Å²) < 4.78 is 4.25. The quantitative estimate of drug-likeness (QED) is 0.175. The molecule has 2 rings (SSSR count). The second kappa shape index (κ2) is 27.3. The smallest absolute Gasteiger partial charge is 0.223 e. The fourth-order valence-electron chi connectivity index (χ4n) is 3.14. The van der Waals surface area contributed by atoms with Crippen molar-refractivity contribution in [1.29, 1.82) is 0 Å². The van der Waals surface area contributed by atoms with Crippen molar-refractivity contribution in [3.63, 3.8) is 0 Å². The van der Waals surface area contributed by atoms with Crippen LogP contribution in [0.3, 0.4) is 0 Å². The molecule has 2 unspecified atom stereocenters. The van der Waals surface area contributed by atoms with Gasteiger partial charge in [0.15, 0.2) is 5.78 Å². The average Bonchev–Trinajstić information content (AvgIpc) is 3.25. The fourth-order valence-corrected chi connectivity index (χ4v) is 4.62. The van der Waals surface area contributed by atoms with Gasteiger partial charge in [0, 0.05) is 51.8 Å². The van der Waals surface area contributed by atoms with Crippen LogP contribution in [0.15, 0.2) is 4.99 Å². The molecule has 200 valence electrons. The number of aldehydes is 1. The van der Waals surface area contributed by atoms with E-state index in [9.17, 15) is 19.2 Å². The number of methoxy groups -OCH3 is 1. The number of nitrogens with one attached hydrogen (secondary N) is 1. The molecule has 2 aliphatic rings. The topological polar surface area (TPSA) is 157 Å². The summed E-state index contributed by atoms with van der Waals surface area (Å²) in [5.41, 5.74) is 9.56. The van der Waals surface area contributed by atoms with Gasteiger partial charge in [-0.05, 0) is 39.7 Å². The van der Waals surface area contributed by atoms with E-state index in [1.807, 2.05) is 25.6 Å². The molecule has 2 heterocycles. The molecule has 0 spiro atoms. The van der Waals surface area contributed by atoms with Gasteiger partial charge in [-0.3, -0.25) is 19.4 Å². The zero-order valence-electron chi connectivity index (χ0n) is 21.8. The number of aliphatic imine (C=N–C) groups is 1. The molecule has 11 heteroatoms. The summed E-state index contributed by atoms with van der Waals surface area (Å²) in [5, 5.41) is 2.96. The lowest BCUT2D eigenvalue weighted by molar-refractivity contribution is -0.135. The second-order valence-electron chi connectivity index (χ2n) is 6.94. The molecule has 0 aromatic heterocycles. The van der Waals surface area contributed by atoms with Gasteiger partial charge in [-0.15, -0.1) is 11.8 Å². The highest BCUT2D eigenvalue weighted by molar-refractivity contribution is 8.00. The summed E-state index contributed by atoms with van der Waals surface area (Å²) >= 11 is 1.94. The molecule has 0 saturated carbocycles. The Hall–Kier alpha value is -1.98. The Morgan fingerprint density at radius 3 is 2.44 bits per heavy atom. The second-order valence-corrected chi connectivity index (χ2v) is 8.16. The van der Waals surface area contributed by atoms with Crippen molar-refractivity contribution >= 4 is 42.5 Å². The predicted octanol–water partition coefficient (Wildman–Crippen LogP) is 1.74. The van der Waals surface area contributed by atoms with Crippen LogP contribution in [-0.4, -0.2) is 86.6 Å². The first-order valence-corrected chi connectivity index (χ1v) is 12.8. The van der Waals surface area contributed by atoms with E-state index < -0.39 is 6.04 Å². The summed E-state index contributed by atoms with van der Waals surface area (Å²) in [7, 11) is 4.75. The number of carbonyl (C=O) groups excluding carboxylic acids is 4. The largest absolute Gasteiger partial charge is 0.390 e. The number of amides is 2. The Kier molecular flexibility index (Phi) is 29.3. The van der Waals surface area contributed by atoms with Crippen LogP contribution in [0.1, 0.15) is 65.7 Å². The summed E-state index contributed by atoms with van der Waals surface area (Å²) in [5.74, 6) is 1.38. The molecule has 0 aromatic carbocycles. The predicted molar refractivity (Wildman–Crippen MR) is 141 cm³/mol. The Labute approximate surface area is 210 Å². The van der Waals surface area contributed by atoms with Crippen LogP contribution in [0, 0.1) is 0 Å². The Bertz CT molecular complexity index is 550. The van der Waals surface area contributed by atoms with Crippen molar-refractivity contribution < 1.29 is 23.9 Å². The molecule has 3 atom stereocenters. The molecule has 2 fully saturated rings. The van der Waals surface area contributed by atoms with Crippen molar-refractivity contribution in [3.8, 4) is 0 Å². The number of hydrogen-bond acceptors (Lipinski definition) is 8. The van der Waals surface area contributed by atoms with E-state index in [0.29, 0.717) is 49.4 Å². The SMILES string of the molecule is CC.CN.COC.C[C@@H]1CSC2CCCC(=O)N21.NC=NCCCC(NC=O)C(=O)CCC=O. The highest BCUT2D eigenvalue weighted by atomic mass is 32.2. The van der Waals surface area contributed by atoms with E-state index >= 15 is 0 Å². The lowest BCUT2D eigenvalue weighted by Gasteiger charge is -2.31. The van der Waals surface area contributed by atoms with Crippen molar-refractivity contribution in [3.05, 3.63) is 0 Å². The maximum atomic E-state index is 11.5. The van der Waals surface area contributed by atoms with Gasteiger partial charge in [-0.1, -0.05) is 13.8 Å². The third kappa shape index (κ3) is 17.5. The maximum Gasteiger partial charge on any atom is 0.223 e. The van der Waals surface area contributed by atoms with Crippen LogP contribution in [0.4, 0.5) is 0 Å². The molecular weight excluding hydrogens is 458 g/mol. The van der Waals surface area contributed by atoms with Gasteiger partial charge < -0.3 is 31.2 Å². The van der Waals surface area contributed by atoms with Gasteiger partial charge in [0.05, 0.1) is 17.8 Å². The Balaban J connectivity index is -0.000000459. The minimum absolute atomic E-state index is 0.129. The van der Waals surface area contributed by atoms with Gasteiger partial charge in [-0.25, -0.2) is 0 Å². The molecule has 5 N–H and O–H groups in total. The van der Waals surface area contributed by atoms with Gasteiger partial charge in [-0.2, -0.15) is 0 Å². The molecule has 0 radical (unpaired) electrons. The summed E-state index contributed by atoms with van der Waals surface area (Å²) in [6, 6.07) is -0.0387. The number of fused-ring (bicyclic) bond motifs is 1. The molecule has 2 aliphatic heterocycles. The standard InChI is InChI=1S/C10H17N3O3.C8H13NOS.C2H6O.C2H6.CH5N/c11-7-12-5-1-3-9(13-8-15)10(16)4-2-6-14;1-6-5-11-8-4-2-3-7(10)9(6)8;1-3-2;2*1-2/h6-9H,1-5H2,(H2,11,12)(H,13,15);6,8H,2-5H2,1H3;1-2H3;1-2H3;2H2,1H3/t;6-,8?;;;/m.1.../s1. The van der Waals surface area contributed by atoms with Crippen LogP contribution in [0.25, 0.3) is 0 Å². The number of hydrogen-bond donors (Lipinski definition) is 3. The Morgan fingerprint density at radius 2 is 1.94 bits per heavy atom. The Morgan fingerprint density at radius 1 is 1.32 bits per heavy atom. The van der Waals surface area contributed by atoms with Crippen molar-refractivity contribution in [2.45, 2.75) is 83.2 Å². The zero-order valence-corrected chi connectivity index (χ0v) is 22.6. The van der Waals surface area contributed by atoms with Crippen LogP contribution in [0.5, 0.6) is 0 Å². The third-order valence-electron chi connectivity index (χ3n) is 4.50. The highest BCUT2D eigenvalue weighted by Crippen LogP contribution is 2.35. The van der Waals surface area contributed by atoms with Gasteiger partial charge in [0.2, 0.25) is 12.3 Å². The lowest BCUT2D eigenvalue weighted by atomic mass is 10.0. The molecule has 0 bridgehead atoms. The van der Waals surface area contributed by atoms with Crippen LogP contribution in [0.2, 0.25) is 0 Å². The van der Waals surface area contributed by atoms with Crippen molar-refractivity contribution in [2.24, 2.45) is 16.5 Å². The minimum Gasteiger partial charge on any atom is -0.390 e. The van der Waals surface area contributed by atoms with E-state index in [4.69, 9.17) is 5.73 Å². The normalized spacial score (nSPS) is 18.8. The number of rotatable bonds is 10. The minimum atomic E-state index is -0.523. The number of ketones is 1. The summed E-state index contributed by atoms with van der Waals surface area (Å²) in [4.78, 5) is 49.2. The maximum absolute atomic E-state index is 11.5. The van der Waals surface area contributed by atoms with E-state index in [-0.39, 0.29) is 18.6 Å². The van der Waals surface area contributed by atoms with Crippen LogP contribution < -0.4 is 16.8 Å². The molecule has 2 saturated heterocycles. The number of nitrogens with two attached hydrogens (primary N) is 2. The van der Waals surface area contributed by atoms with E-state index in [2.05, 4.69) is 32.6 Å². The van der Waals surface area contributed by atoms with Crippen molar-refractivity contribution in [2.75, 3.05) is 33.6 Å². The number of ether oxygens (including phenoxy) is 1. The van der Waals surface area contributed by atoms with Crippen LogP contribution in [-0.2, 0) is 23.9 Å². The molecule has 34 heavy (non-hydrogen) atoms.